The van der Waals surface area contributed by atoms with E-state index in [-0.39, 0.29) is 23.1 Å². The lowest BCUT2D eigenvalue weighted by molar-refractivity contribution is -0.123. The predicted molar refractivity (Wildman–Crippen MR) is 101 cm³/mol. The highest BCUT2D eigenvalue weighted by atomic mass is 32.1. The van der Waals surface area contributed by atoms with Gasteiger partial charge in [0.2, 0.25) is 0 Å². The molecule has 2 aromatic carbocycles. The molecular weight excluding hydrogens is 371 g/mol. The number of nitrogens with one attached hydrogen (secondary N) is 2. The molecule has 0 aromatic heterocycles. The van der Waals surface area contributed by atoms with E-state index in [4.69, 9.17) is 21.7 Å². The number of hydrogen-bond donors (Lipinski definition) is 2. The van der Waals surface area contributed by atoms with Gasteiger partial charge in [0.1, 0.15) is 18.0 Å². The van der Waals surface area contributed by atoms with Crippen molar-refractivity contribution in [2.75, 3.05) is 7.11 Å². The number of hydrogen-bond acceptors (Lipinski definition) is 5. The summed E-state index contributed by atoms with van der Waals surface area (Å²) in [6.45, 7) is 0.235. The first-order valence-corrected chi connectivity index (χ1v) is 8.31. The van der Waals surface area contributed by atoms with Crippen molar-refractivity contribution in [1.82, 2.24) is 10.6 Å². The number of carbonyl (C=O) groups is 2. The van der Waals surface area contributed by atoms with E-state index in [1.54, 1.807) is 30.3 Å². The smallest absolute Gasteiger partial charge is 0.263 e. The Hall–Kier alpha value is -3.26. The van der Waals surface area contributed by atoms with Crippen LogP contribution >= 0.6 is 12.2 Å². The molecule has 0 radical (unpaired) electrons. The molecule has 2 N–H and O–H groups in total. The summed E-state index contributed by atoms with van der Waals surface area (Å²) in [6, 6.07) is 11.0. The molecule has 1 heterocycles. The summed E-state index contributed by atoms with van der Waals surface area (Å²) in [6.07, 6.45) is 1.43. The molecule has 0 aliphatic carbocycles. The number of rotatable bonds is 5. The minimum Gasteiger partial charge on any atom is -0.493 e. The van der Waals surface area contributed by atoms with Crippen molar-refractivity contribution in [3.63, 3.8) is 0 Å². The second-order valence-corrected chi connectivity index (χ2v) is 6.03. The molecule has 6 nitrogen and oxygen atoms in total. The molecule has 1 aliphatic heterocycles. The minimum absolute atomic E-state index is 0.0238. The summed E-state index contributed by atoms with van der Waals surface area (Å²) < 4.78 is 24.0. The topological polar surface area (TPSA) is 76.7 Å². The van der Waals surface area contributed by atoms with E-state index in [1.807, 2.05) is 0 Å². The third-order valence-corrected chi connectivity index (χ3v) is 3.95. The average Bonchev–Trinajstić information content (AvgIpc) is 2.64. The number of carbonyl (C=O) groups excluding carboxylic acids is 2. The van der Waals surface area contributed by atoms with Crippen molar-refractivity contribution in [3.8, 4) is 11.5 Å². The van der Waals surface area contributed by atoms with E-state index in [9.17, 15) is 14.0 Å². The fourth-order valence-corrected chi connectivity index (χ4v) is 2.59. The molecule has 2 amide bonds. The largest absolute Gasteiger partial charge is 0.493 e. The maximum atomic E-state index is 13.0. The zero-order chi connectivity index (χ0) is 19.4. The van der Waals surface area contributed by atoms with E-state index >= 15 is 0 Å². The summed E-state index contributed by atoms with van der Waals surface area (Å²) in [5, 5.41) is 4.72. The van der Waals surface area contributed by atoms with E-state index in [1.165, 1.54) is 25.3 Å². The first-order valence-electron chi connectivity index (χ1n) is 7.90. The Kier molecular flexibility index (Phi) is 5.46. The highest BCUT2D eigenvalue weighted by molar-refractivity contribution is 7.80. The maximum absolute atomic E-state index is 13.0. The molecule has 3 rings (SSSR count). The normalized spacial score (nSPS) is 13.7. The molecule has 0 spiro atoms. The fourth-order valence-electron chi connectivity index (χ4n) is 2.41. The van der Waals surface area contributed by atoms with Crippen molar-refractivity contribution in [2.24, 2.45) is 0 Å². The SMILES string of the molecule is COc1cc(C=C2C(=O)NC(=S)NC2=O)ccc1OCc1ccc(F)cc1. The molecular formula is C19H15FN2O4S. The lowest BCUT2D eigenvalue weighted by Gasteiger charge is -2.16. The standard InChI is InChI=1S/C19H15FN2O4S/c1-25-16-9-12(8-14-17(23)21-19(27)22-18(14)24)4-7-15(16)26-10-11-2-5-13(20)6-3-11/h2-9H,10H2,1H3,(H2,21,22,23,24,27). The van der Waals surface area contributed by atoms with Crippen LogP contribution in [0, 0.1) is 5.82 Å². The van der Waals surface area contributed by atoms with Crippen LogP contribution in [-0.4, -0.2) is 24.0 Å². The van der Waals surface area contributed by atoms with Gasteiger partial charge in [-0.15, -0.1) is 0 Å². The van der Waals surface area contributed by atoms with Gasteiger partial charge in [0, 0.05) is 0 Å². The molecule has 0 unspecified atom stereocenters. The molecule has 1 aliphatic rings. The molecule has 138 valence electrons. The van der Waals surface area contributed by atoms with Gasteiger partial charge in [-0.25, -0.2) is 4.39 Å². The van der Waals surface area contributed by atoms with Crippen LogP contribution in [0.1, 0.15) is 11.1 Å². The van der Waals surface area contributed by atoms with Crippen LogP contribution in [0.25, 0.3) is 6.08 Å². The number of amides is 2. The summed E-state index contributed by atoms with van der Waals surface area (Å²) in [4.78, 5) is 23.8. The second-order valence-electron chi connectivity index (χ2n) is 5.62. The average molecular weight is 386 g/mol. The van der Waals surface area contributed by atoms with Crippen LogP contribution in [0.15, 0.2) is 48.0 Å². The number of halogens is 1. The van der Waals surface area contributed by atoms with Crippen molar-refractivity contribution < 1.29 is 23.5 Å². The second kappa shape index (κ2) is 7.96. The molecule has 1 fully saturated rings. The number of benzene rings is 2. The zero-order valence-electron chi connectivity index (χ0n) is 14.2. The zero-order valence-corrected chi connectivity index (χ0v) is 15.1. The van der Waals surface area contributed by atoms with Crippen molar-refractivity contribution in [3.05, 3.63) is 65.0 Å². The fraction of sp³-hybridized carbons (Fsp3) is 0.105. The van der Waals surface area contributed by atoms with Gasteiger partial charge < -0.3 is 9.47 Å². The highest BCUT2D eigenvalue weighted by Crippen LogP contribution is 2.30. The monoisotopic (exact) mass is 386 g/mol. The van der Waals surface area contributed by atoms with Crippen LogP contribution in [0.2, 0.25) is 0 Å². The van der Waals surface area contributed by atoms with Crippen molar-refractivity contribution in [2.45, 2.75) is 6.61 Å². The van der Waals surface area contributed by atoms with Crippen LogP contribution in [0.5, 0.6) is 11.5 Å². The lowest BCUT2D eigenvalue weighted by atomic mass is 10.1. The van der Waals surface area contributed by atoms with Gasteiger partial charge in [0.15, 0.2) is 16.6 Å². The van der Waals surface area contributed by atoms with Gasteiger partial charge in [-0.2, -0.15) is 0 Å². The van der Waals surface area contributed by atoms with Crippen molar-refractivity contribution >= 4 is 35.2 Å². The van der Waals surface area contributed by atoms with Gasteiger partial charge in [-0.1, -0.05) is 18.2 Å². The molecule has 0 atom stereocenters. The van der Waals surface area contributed by atoms with Crippen LogP contribution in [0.4, 0.5) is 4.39 Å². The first-order chi connectivity index (χ1) is 13.0. The van der Waals surface area contributed by atoms with Gasteiger partial charge in [-0.05, 0) is 53.7 Å². The quantitative estimate of drug-likeness (QED) is 0.469. The maximum Gasteiger partial charge on any atom is 0.263 e. The summed E-state index contributed by atoms with van der Waals surface area (Å²) in [7, 11) is 1.48. The van der Waals surface area contributed by atoms with Gasteiger partial charge in [-0.3, -0.25) is 20.2 Å². The van der Waals surface area contributed by atoms with Crippen molar-refractivity contribution in [1.29, 1.82) is 0 Å². The minimum atomic E-state index is -0.570. The molecule has 27 heavy (non-hydrogen) atoms. The highest BCUT2D eigenvalue weighted by Gasteiger charge is 2.25. The third-order valence-electron chi connectivity index (χ3n) is 3.75. The van der Waals surface area contributed by atoms with Gasteiger partial charge in [0.25, 0.3) is 11.8 Å². The van der Waals surface area contributed by atoms with Crippen LogP contribution in [0.3, 0.4) is 0 Å². The van der Waals surface area contributed by atoms with E-state index < -0.39 is 11.8 Å². The Labute approximate surface area is 160 Å². The molecule has 2 aromatic rings. The van der Waals surface area contributed by atoms with Crippen LogP contribution < -0.4 is 20.1 Å². The Balaban J connectivity index is 1.78. The predicted octanol–water partition coefficient (Wildman–Crippen LogP) is 2.33. The Morgan fingerprint density at radius 3 is 2.33 bits per heavy atom. The van der Waals surface area contributed by atoms with E-state index in [2.05, 4.69) is 10.6 Å². The third kappa shape index (κ3) is 4.48. The first kappa shape index (κ1) is 18.5. The van der Waals surface area contributed by atoms with Crippen LogP contribution in [-0.2, 0) is 16.2 Å². The Morgan fingerprint density at radius 1 is 1.04 bits per heavy atom. The lowest BCUT2D eigenvalue weighted by Crippen LogP contribution is -2.51. The molecule has 8 heteroatoms. The number of ether oxygens (including phenoxy) is 2. The molecule has 0 bridgehead atoms. The number of methoxy groups -OCH3 is 1. The van der Waals surface area contributed by atoms with E-state index in [0.29, 0.717) is 17.1 Å². The van der Waals surface area contributed by atoms with E-state index in [0.717, 1.165) is 5.56 Å². The number of thiocarbonyl (C=S) groups is 1. The Bertz CT molecular complexity index is 919. The van der Waals surface area contributed by atoms with Gasteiger partial charge >= 0.3 is 0 Å². The molecule has 0 saturated carbocycles. The van der Waals surface area contributed by atoms with Gasteiger partial charge in [0.05, 0.1) is 7.11 Å². The Morgan fingerprint density at radius 2 is 1.70 bits per heavy atom. The summed E-state index contributed by atoms with van der Waals surface area (Å²) in [5.41, 5.74) is 1.32. The molecule has 1 saturated heterocycles. The summed E-state index contributed by atoms with van der Waals surface area (Å²) in [5.74, 6) is -0.551. The summed E-state index contributed by atoms with van der Waals surface area (Å²) >= 11 is 4.76.